The Morgan fingerprint density at radius 1 is 1.40 bits per heavy atom. The fourth-order valence-corrected chi connectivity index (χ4v) is 1.58. The maximum Gasteiger partial charge on any atom is 0.0900 e. The van der Waals surface area contributed by atoms with Crippen LogP contribution in [-0.2, 0) is 4.74 Å². The van der Waals surface area contributed by atoms with E-state index in [9.17, 15) is 5.11 Å². The molecule has 0 aliphatic carbocycles. The van der Waals surface area contributed by atoms with Gasteiger partial charge in [-0.2, -0.15) is 0 Å². The smallest absolute Gasteiger partial charge is 0.0900 e. The topological polar surface area (TPSA) is 32.7 Å². The molecule has 0 amide bonds. The number of rotatable bonds is 9. The molecule has 0 spiro atoms. The van der Waals surface area contributed by atoms with Gasteiger partial charge >= 0.3 is 0 Å². The van der Waals surface area contributed by atoms with Gasteiger partial charge in [-0.1, -0.05) is 19.1 Å². The third-order valence-corrected chi connectivity index (χ3v) is 2.22. The Kier molecular flexibility index (Phi) is 9.89. The van der Waals surface area contributed by atoms with Gasteiger partial charge in [0.1, 0.15) is 0 Å². The van der Waals surface area contributed by atoms with Gasteiger partial charge in [-0.05, 0) is 26.3 Å². The molecule has 0 fully saturated rings. The van der Waals surface area contributed by atoms with Crippen LogP contribution in [-0.4, -0.2) is 49.5 Å². The predicted molar refractivity (Wildman–Crippen MR) is 64.0 cm³/mol. The van der Waals surface area contributed by atoms with E-state index >= 15 is 0 Å². The zero-order chi connectivity index (χ0) is 11.5. The number of nitrogens with zero attached hydrogens (tertiary/aromatic N) is 1. The van der Waals surface area contributed by atoms with Crippen molar-refractivity contribution in [1.82, 2.24) is 4.90 Å². The summed E-state index contributed by atoms with van der Waals surface area (Å²) >= 11 is 0. The lowest BCUT2D eigenvalue weighted by Gasteiger charge is -2.23. The van der Waals surface area contributed by atoms with E-state index < -0.39 is 0 Å². The second-order valence-electron chi connectivity index (χ2n) is 3.77. The number of ether oxygens (including phenoxy) is 1. The molecular formula is C12H25NO2. The second-order valence-corrected chi connectivity index (χ2v) is 3.77. The molecule has 3 heteroatoms. The summed E-state index contributed by atoms with van der Waals surface area (Å²) in [6, 6.07) is 0. The summed E-state index contributed by atoms with van der Waals surface area (Å²) < 4.78 is 4.92. The minimum atomic E-state index is -0.368. The Bertz CT molecular complexity index is 160. The summed E-state index contributed by atoms with van der Waals surface area (Å²) in [5.41, 5.74) is 0. The summed E-state index contributed by atoms with van der Waals surface area (Å²) in [4.78, 5) is 2.28. The van der Waals surface area contributed by atoms with Gasteiger partial charge < -0.3 is 14.7 Å². The molecule has 0 aromatic rings. The van der Waals surface area contributed by atoms with Crippen LogP contribution in [0.1, 0.15) is 26.7 Å². The zero-order valence-corrected chi connectivity index (χ0v) is 10.3. The fraction of sp³-hybridized carbons (Fsp3) is 0.833. The van der Waals surface area contributed by atoms with Crippen LogP contribution < -0.4 is 0 Å². The van der Waals surface area contributed by atoms with Crippen LogP contribution in [0.2, 0.25) is 0 Å². The second kappa shape index (κ2) is 10.1. The summed E-state index contributed by atoms with van der Waals surface area (Å²) in [6.45, 7) is 7.37. The lowest BCUT2D eigenvalue weighted by atomic mass is 10.2. The first kappa shape index (κ1) is 14.6. The highest BCUT2D eigenvalue weighted by Crippen LogP contribution is 1.98. The molecule has 0 saturated heterocycles. The average Bonchev–Trinajstić information content (AvgIpc) is 2.18. The lowest BCUT2D eigenvalue weighted by molar-refractivity contribution is 0.0380. The van der Waals surface area contributed by atoms with E-state index in [2.05, 4.69) is 24.0 Å². The van der Waals surface area contributed by atoms with E-state index in [-0.39, 0.29) is 6.10 Å². The fourth-order valence-electron chi connectivity index (χ4n) is 1.58. The molecule has 0 bridgehead atoms. The van der Waals surface area contributed by atoms with Gasteiger partial charge in [0.2, 0.25) is 0 Å². The van der Waals surface area contributed by atoms with Crippen LogP contribution in [0.4, 0.5) is 0 Å². The summed E-state index contributed by atoms with van der Waals surface area (Å²) in [5.74, 6) is 0. The standard InChI is InChI=1S/C12H25NO2/c1-4-6-7-9-13(8-5-2)10-12(14)11-15-3/h4,6,12,14H,5,7-11H2,1-3H3/b6-4-. The van der Waals surface area contributed by atoms with Crippen LogP contribution >= 0.6 is 0 Å². The third kappa shape index (κ3) is 8.60. The van der Waals surface area contributed by atoms with E-state index in [0.29, 0.717) is 13.2 Å². The highest BCUT2D eigenvalue weighted by atomic mass is 16.5. The molecule has 1 N–H and O–H groups in total. The van der Waals surface area contributed by atoms with E-state index in [1.54, 1.807) is 7.11 Å². The first-order valence-corrected chi connectivity index (χ1v) is 5.75. The number of hydrogen-bond acceptors (Lipinski definition) is 3. The lowest BCUT2D eigenvalue weighted by Crippen LogP contribution is -2.35. The summed E-state index contributed by atoms with van der Waals surface area (Å²) in [5, 5.41) is 9.62. The molecule has 0 aromatic heterocycles. The van der Waals surface area contributed by atoms with E-state index in [1.165, 1.54) is 0 Å². The van der Waals surface area contributed by atoms with Gasteiger partial charge in [-0.3, -0.25) is 0 Å². The molecule has 0 heterocycles. The molecule has 0 aliphatic rings. The van der Waals surface area contributed by atoms with Crippen LogP contribution in [0.25, 0.3) is 0 Å². The molecule has 90 valence electrons. The molecule has 1 unspecified atom stereocenters. The van der Waals surface area contributed by atoms with Gasteiger partial charge in [0.25, 0.3) is 0 Å². The highest BCUT2D eigenvalue weighted by molar-refractivity contribution is 4.78. The van der Waals surface area contributed by atoms with Crippen molar-refractivity contribution in [3.8, 4) is 0 Å². The normalized spacial score (nSPS) is 13.9. The summed E-state index contributed by atoms with van der Waals surface area (Å²) in [7, 11) is 1.62. The van der Waals surface area contributed by atoms with Crippen LogP contribution in [0.15, 0.2) is 12.2 Å². The highest BCUT2D eigenvalue weighted by Gasteiger charge is 2.09. The minimum absolute atomic E-state index is 0.368. The van der Waals surface area contributed by atoms with Gasteiger partial charge in [0.15, 0.2) is 0 Å². The molecule has 0 saturated carbocycles. The van der Waals surface area contributed by atoms with Crippen molar-refractivity contribution in [3.63, 3.8) is 0 Å². The number of hydrogen-bond donors (Lipinski definition) is 1. The summed E-state index contributed by atoms with van der Waals surface area (Å²) in [6.07, 6.45) is 6.03. The number of aliphatic hydroxyl groups excluding tert-OH is 1. The maximum atomic E-state index is 9.62. The molecule has 1 atom stereocenters. The van der Waals surface area contributed by atoms with Gasteiger partial charge in [0, 0.05) is 20.2 Å². The van der Waals surface area contributed by atoms with Crippen LogP contribution in [0.5, 0.6) is 0 Å². The van der Waals surface area contributed by atoms with Crippen LogP contribution in [0, 0.1) is 0 Å². The quantitative estimate of drug-likeness (QED) is 0.594. The molecule has 0 aromatic carbocycles. The van der Waals surface area contributed by atoms with Crippen molar-refractivity contribution in [2.24, 2.45) is 0 Å². The van der Waals surface area contributed by atoms with Crippen molar-refractivity contribution in [1.29, 1.82) is 0 Å². The van der Waals surface area contributed by atoms with Gasteiger partial charge in [-0.25, -0.2) is 0 Å². The first-order valence-electron chi connectivity index (χ1n) is 5.75. The largest absolute Gasteiger partial charge is 0.389 e. The van der Waals surface area contributed by atoms with Crippen molar-refractivity contribution in [2.45, 2.75) is 32.8 Å². The van der Waals surface area contributed by atoms with Gasteiger partial charge in [-0.15, -0.1) is 0 Å². The van der Waals surface area contributed by atoms with Gasteiger partial charge in [0.05, 0.1) is 12.7 Å². The van der Waals surface area contributed by atoms with Crippen LogP contribution in [0.3, 0.4) is 0 Å². The van der Waals surface area contributed by atoms with Crippen molar-refractivity contribution >= 4 is 0 Å². The van der Waals surface area contributed by atoms with E-state index in [1.807, 2.05) is 6.92 Å². The zero-order valence-electron chi connectivity index (χ0n) is 10.3. The Balaban J connectivity index is 3.80. The number of allylic oxidation sites excluding steroid dienone is 1. The number of aliphatic hydroxyl groups is 1. The Labute approximate surface area is 93.7 Å². The molecule has 0 rings (SSSR count). The molecule has 0 radical (unpaired) electrons. The molecule has 0 aliphatic heterocycles. The molecular weight excluding hydrogens is 190 g/mol. The monoisotopic (exact) mass is 215 g/mol. The minimum Gasteiger partial charge on any atom is -0.389 e. The van der Waals surface area contributed by atoms with Crippen molar-refractivity contribution in [3.05, 3.63) is 12.2 Å². The third-order valence-electron chi connectivity index (χ3n) is 2.22. The Hall–Kier alpha value is -0.380. The molecule has 3 nitrogen and oxygen atoms in total. The first-order chi connectivity index (χ1) is 7.24. The predicted octanol–water partition coefficient (Wildman–Crippen LogP) is 1.67. The van der Waals surface area contributed by atoms with E-state index in [0.717, 1.165) is 25.9 Å². The van der Waals surface area contributed by atoms with Crippen molar-refractivity contribution < 1.29 is 9.84 Å². The molecule has 15 heavy (non-hydrogen) atoms. The average molecular weight is 215 g/mol. The Morgan fingerprint density at radius 2 is 2.13 bits per heavy atom. The Morgan fingerprint density at radius 3 is 2.67 bits per heavy atom. The maximum absolute atomic E-state index is 9.62. The number of methoxy groups -OCH3 is 1. The van der Waals surface area contributed by atoms with Crippen molar-refractivity contribution in [2.75, 3.05) is 33.4 Å². The van der Waals surface area contributed by atoms with E-state index in [4.69, 9.17) is 4.74 Å². The SMILES string of the molecule is C/C=C\CCN(CCC)CC(O)COC.